The standard InChI is InChI=1S/C4H10BrN2OP/c5-3-4(8)6-1-2-7-9/h7H,1-3,9H2,(H,6,8). The minimum Gasteiger partial charge on any atom is -0.354 e. The van der Waals surface area contributed by atoms with Crippen molar-refractivity contribution in [3.05, 3.63) is 0 Å². The molecular weight excluding hydrogens is 203 g/mol. The van der Waals surface area contributed by atoms with Crippen LogP contribution in [0, 0.1) is 0 Å². The molecule has 54 valence electrons. The number of rotatable bonds is 4. The van der Waals surface area contributed by atoms with E-state index in [4.69, 9.17) is 0 Å². The zero-order valence-electron chi connectivity index (χ0n) is 4.98. The van der Waals surface area contributed by atoms with Crippen LogP contribution in [0.25, 0.3) is 0 Å². The first kappa shape index (κ1) is 9.34. The van der Waals surface area contributed by atoms with E-state index in [1.54, 1.807) is 0 Å². The summed E-state index contributed by atoms with van der Waals surface area (Å²) >= 11 is 3.03. The molecule has 1 amide bonds. The summed E-state index contributed by atoms with van der Waals surface area (Å²) in [7, 11) is 2.36. The van der Waals surface area contributed by atoms with E-state index in [9.17, 15) is 4.79 Å². The SMILES string of the molecule is O=C(CBr)NCCNP. The molecule has 0 aliphatic heterocycles. The van der Waals surface area contributed by atoms with Crippen LogP contribution in [0.3, 0.4) is 0 Å². The Morgan fingerprint density at radius 1 is 1.56 bits per heavy atom. The topological polar surface area (TPSA) is 41.1 Å². The summed E-state index contributed by atoms with van der Waals surface area (Å²) < 4.78 is 0. The van der Waals surface area contributed by atoms with Gasteiger partial charge in [-0.15, -0.1) is 0 Å². The molecule has 0 spiro atoms. The van der Waals surface area contributed by atoms with Crippen LogP contribution in [-0.2, 0) is 4.79 Å². The van der Waals surface area contributed by atoms with E-state index in [1.165, 1.54) is 0 Å². The van der Waals surface area contributed by atoms with Gasteiger partial charge in [-0.05, 0) is 0 Å². The maximum Gasteiger partial charge on any atom is 0.230 e. The summed E-state index contributed by atoms with van der Waals surface area (Å²) in [5.74, 6) is 0.0234. The summed E-state index contributed by atoms with van der Waals surface area (Å²) in [6.45, 7) is 1.46. The monoisotopic (exact) mass is 212 g/mol. The smallest absolute Gasteiger partial charge is 0.230 e. The highest BCUT2D eigenvalue weighted by Crippen LogP contribution is 1.76. The normalized spacial score (nSPS) is 9.11. The lowest BCUT2D eigenvalue weighted by molar-refractivity contribution is -0.118. The van der Waals surface area contributed by atoms with Crippen molar-refractivity contribution in [1.82, 2.24) is 10.4 Å². The number of hydrogen-bond donors (Lipinski definition) is 2. The second-order valence-corrected chi connectivity index (χ2v) is 2.41. The third kappa shape index (κ3) is 6.22. The molecule has 3 nitrogen and oxygen atoms in total. The largest absolute Gasteiger partial charge is 0.354 e. The van der Waals surface area contributed by atoms with Crippen molar-refractivity contribution in [2.45, 2.75) is 0 Å². The van der Waals surface area contributed by atoms with Crippen LogP contribution in [-0.4, -0.2) is 24.3 Å². The minimum absolute atomic E-state index is 0.0234. The van der Waals surface area contributed by atoms with Crippen LogP contribution in [0.15, 0.2) is 0 Å². The molecule has 2 N–H and O–H groups in total. The number of carbonyl (C=O) groups is 1. The number of hydrogen-bond acceptors (Lipinski definition) is 2. The molecule has 0 heterocycles. The Hall–Kier alpha value is 0.340. The maximum atomic E-state index is 10.5. The Labute approximate surface area is 65.3 Å². The first-order valence-electron chi connectivity index (χ1n) is 2.57. The molecule has 0 aliphatic rings. The number of halogens is 1. The number of alkyl halides is 1. The van der Waals surface area contributed by atoms with Gasteiger partial charge in [-0.2, -0.15) is 0 Å². The van der Waals surface area contributed by atoms with Gasteiger partial charge in [0, 0.05) is 13.1 Å². The lowest BCUT2D eigenvalue weighted by Gasteiger charge is -1.99. The summed E-state index contributed by atoms with van der Waals surface area (Å²) in [5.41, 5.74) is 0. The second-order valence-electron chi connectivity index (χ2n) is 1.44. The third-order valence-corrected chi connectivity index (χ3v) is 1.51. The van der Waals surface area contributed by atoms with E-state index in [0.29, 0.717) is 11.9 Å². The van der Waals surface area contributed by atoms with Gasteiger partial charge in [0.25, 0.3) is 0 Å². The Morgan fingerprint density at radius 2 is 2.22 bits per heavy atom. The molecular formula is C4H10BrN2OP. The van der Waals surface area contributed by atoms with Gasteiger partial charge in [0.2, 0.25) is 5.91 Å². The predicted octanol–water partition coefficient (Wildman–Crippen LogP) is -0.123. The van der Waals surface area contributed by atoms with Crippen LogP contribution in [0.4, 0.5) is 0 Å². The minimum atomic E-state index is 0.0234. The summed E-state index contributed by atoms with van der Waals surface area (Å²) in [6, 6.07) is 0. The van der Waals surface area contributed by atoms with Gasteiger partial charge in [0.1, 0.15) is 0 Å². The van der Waals surface area contributed by atoms with Crippen LogP contribution in [0.1, 0.15) is 0 Å². The fraction of sp³-hybridized carbons (Fsp3) is 0.750. The highest BCUT2D eigenvalue weighted by atomic mass is 79.9. The van der Waals surface area contributed by atoms with Crippen LogP contribution in [0.5, 0.6) is 0 Å². The van der Waals surface area contributed by atoms with Crippen molar-refractivity contribution >= 4 is 31.2 Å². The van der Waals surface area contributed by atoms with Gasteiger partial charge in [0.15, 0.2) is 0 Å². The van der Waals surface area contributed by atoms with E-state index in [0.717, 1.165) is 6.54 Å². The van der Waals surface area contributed by atoms with Gasteiger partial charge >= 0.3 is 0 Å². The maximum absolute atomic E-state index is 10.5. The van der Waals surface area contributed by atoms with Crippen LogP contribution in [0.2, 0.25) is 0 Å². The van der Waals surface area contributed by atoms with Gasteiger partial charge in [-0.3, -0.25) is 9.88 Å². The lowest BCUT2D eigenvalue weighted by Crippen LogP contribution is -2.29. The Kier molecular flexibility index (Phi) is 6.70. The number of nitrogens with one attached hydrogen (secondary N) is 2. The Morgan fingerprint density at radius 3 is 2.67 bits per heavy atom. The molecule has 0 bridgehead atoms. The molecule has 1 unspecified atom stereocenters. The van der Waals surface area contributed by atoms with Crippen molar-refractivity contribution in [2.75, 3.05) is 18.4 Å². The van der Waals surface area contributed by atoms with E-state index in [-0.39, 0.29) is 5.91 Å². The van der Waals surface area contributed by atoms with Crippen molar-refractivity contribution in [3.63, 3.8) is 0 Å². The Bertz CT molecular complexity index is 90.6. The third-order valence-electron chi connectivity index (χ3n) is 0.713. The fourth-order valence-electron chi connectivity index (χ4n) is 0.321. The molecule has 1 atom stereocenters. The molecule has 0 saturated carbocycles. The average Bonchev–Trinajstić information content (AvgIpc) is 1.89. The molecule has 9 heavy (non-hydrogen) atoms. The van der Waals surface area contributed by atoms with Crippen molar-refractivity contribution in [2.24, 2.45) is 0 Å². The van der Waals surface area contributed by atoms with Crippen LogP contribution >= 0.6 is 25.3 Å². The molecule has 0 rings (SSSR count). The lowest BCUT2D eigenvalue weighted by atomic mass is 10.6. The summed E-state index contributed by atoms with van der Waals surface area (Å²) in [6.07, 6.45) is 0. The molecule has 0 saturated heterocycles. The van der Waals surface area contributed by atoms with Crippen LogP contribution < -0.4 is 10.4 Å². The zero-order chi connectivity index (χ0) is 7.11. The molecule has 0 aromatic rings. The van der Waals surface area contributed by atoms with Crippen molar-refractivity contribution in [1.29, 1.82) is 0 Å². The van der Waals surface area contributed by atoms with E-state index < -0.39 is 0 Å². The van der Waals surface area contributed by atoms with Gasteiger partial charge in [0.05, 0.1) is 5.33 Å². The summed E-state index contributed by atoms with van der Waals surface area (Å²) in [4.78, 5) is 10.5. The van der Waals surface area contributed by atoms with E-state index in [1.807, 2.05) is 0 Å². The quantitative estimate of drug-likeness (QED) is 0.388. The van der Waals surface area contributed by atoms with Gasteiger partial charge in [-0.25, -0.2) is 0 Å². The average molecular weight is 213 g/mol. The van der Waals surface area contributed by atoms with E-state index >= 15 is 0 Å². The second kappa shape index (κ2) is 6.46. The molecule has 0 aromatic carbocycles. The van der Waals surface area contributed by atoms with Crippen molar-refractivity contribution < 1.29 is 4.79 Å². The summed E-state index contributed by atoms with van der Waals surface area (Å²) in [5, 5.41) is 5.88. The van der Waals surface area contributed by atoms with E-state index in [2.05, 4.69) is 35.7 Å². The molecule has 0 aromatic heterocycles. The highest BCUT2D eigenvalue weighted by Gasteiger charge is 1.93. The number of carbonyl (C=O) groups excluding carboxylic acids is 1. The van der Waals surface area contributed by atoms with Crippen molar-refractivity contribution in [3.8, 4) is 0 Å². The highest BCUT2D eigenvalue weighted by molar-refractivity contribution is 9.09. The molecule has 0 radical (unpaired) electrons. The predicted molar refractivity (Wildman–Crippen MR) is 44.5 cm³/mol. The molecule has 0 fully saturated rings. The fourth-order valence-corrected chi connectivity index (χ4v) is 0.664. The molecule has 5 heteroatoms. The first-order valence-corrected chi connectivity index (χ1v) is 4.27. The first-order chi connectivity index (χ1) is 4.31. The molecule has 0 aliphatic carbocycles. The Balaban J connectivity index is 2.97. The van der Waals surface area contributed by atoms with Gasteiger partial charge < -0.3 is 5.32 Å². The van der Waals surface area contributed by atoms with Gasteiger partial charge in [-0.1, -0.05) is 25.3 Å². The number of amides is 1. The zero-order valence-corrected chi connectivity index (χ0v) is 7.73.